The molecule has 10 heteroatoms. The second kappa shape index (κ2) is 13.0. The van der Waals surface area contributed by atoms with Crippen LogP contribution in [0.25, 0.3) is 0 Å². The molecule has 0 spiro atoms. The maximum Gasteiger partial charge on any atom is 0.330 e. The number of aliphatic carboxylic acids is 1. The van der Waals surface area contributed by atoms with Crippen molar-refractivity contribution in [3.63, 3.8) is 0 Å². The Balaban J connectivity index is 1.80. The number of carboxylic acids is 1. The van der Waals surface area contributed by atoms with Crippen LogP contribution in [-0.4, -0.2) is 47.5 Å². The molecule has 5 rings (SSSR count). The van der Waals surface area contributed by atoms with E-state index in [4.69, 9.17) is 21.1 Å². The molecular formula is C36H32ClN3O6. The molecule has 0 radical (unpaired) electrons. The Labute approximate surface area is 271 Å². The second-order valence-electron chi connectivity index (χ2n) is 11.3. The molecule has 234 valence electrons. The predicted octanol–water partition coefficient (Wildman–Crippen LogP) is 7.25. The number of nitrogens with one attached hydrogen (secondary N) is 1. The smallest absolute Gasteiger partial charge is 0.330 e. The molecule has 0 aromatic heterocycles. The summed E-state index contributed by atoms with van der Waals surface area (Å²) in [4.78, 5) is 44.0. The standard InChI is InChI=1S/C36H32ClN3O6/c1-21-6-5-7-27(18-21)39-35(44)40-32(23-12-15-26(37)16-13-23)30(33(41)24-10-8-22(20-38)9-11-24)31(36(40,2)34(42)43)25-14-17-28(45-3)29(19-25)46-4/h5-19,30-32H,1-4H3,(H,39,44)(H,42,43). The second-order valence-corrected chi connectivity index (χ2v) is 11.7. The van der Waals surface area contributed by atoms with Gasteiger partial charge in [0.2, 0.25) is 0 Å². The topological polar surface area (TPSA) is 129 Å². The molecule has 2 N–H and O–H groups in total. The first-order chi connectivity index (χ1) is 22.0. The van der Waals surface area contributed by atoms with Gasteiger partial charge < -0.3 is 19.9 Å². The Morgan fingerprint density at radius 3 is 2.15 bits per heavy atom. The lowest BCUT2D eigenvalue weighted by molar-refractivity contribution is -0.148. The van der Waals surface area contributed by atoms with Crippen LogP contribution in [0.3, 0.4) is 0 Å². The number of halogens is 1. The Morgan fingerprint density at radius 2 is 1.57 bits per heavy atom. The third-order valence-electron chi connectivity index (χ3n) is 8.58. The molecular weight excluding hydrogens is 606 g/mol. The lowest BCUT2D eigenvalue weighted by Crippen LogP contribution is -2.55. The number of benzene rings is 4. The first-order valence-corrected chi connectivity index (χ1v) is 14.8. The van der Waals surface area contributed by atoms with Crippen molar-refractivity contribution in [2.24, 2.45) is 5.92 Å². The van der Waals surface area contributed by atoms with E-state index >= 15 is 0 Å². The summed E-state index contributed by atoms with van der Waals surface area (Å²) in [6, 6.07) is 25.2. The van der Waals surface area contributed by atoms with Crippen molar-refractivity contribution in [1.29, 1.82) is 5.26 Å². The zero-order chi connectivity index (χ0) is 33.2. The molecule has 1 aliphatic heterocycles. The Bertz CT molecular complexity index is 1840. The summed E-state index contributed by atoms with van der Waals surface area (Å²) in [5.41, 5.74) is 1.02. The van der Waals surface area contributed by atoms with E-state index in [1.165, 1.54) is 38.2 Å². The van der Waals surface area contributed by atoms with Gasteiger partial charge in [-0.05, 0) is 79.1 Å². The molecule has 9 nitrogen and oxygen atoms in total. The zero-order valence-electron chi connectivity index (χ0n) is 25.7. The average molecular weight is 638 g/mol. The van der Waals surface area contributed by atoms with Crippen LogP contribution in [0, 0.1) is 24.2 Å². The first-order valence-electron chi connectivity index (χ1n) is 14.5. The number of aryl methyl sites for hydroxylation is 1. The van der Waals surface area contributed by atoms with Crippen molar-refractivity contribution in [3.05, 3.63) is 124 Å². The minimum Gasteiger partial charge on any atom is -0.493 e. The summed E-state index contributed by atoms with van der Waals surface area (Å²) < 4.78 is 11.0. The predicted molar refractivity (Wildman–Crippen MR) is 174 cm³/mol. The molecule has 0 aliphatic carbocycles. The lowest BCUT2D eigenvalue weighted by atomic mass is 9.71. The van der Waals surface area contributed by atoms with Crippen molar-refractivity contribution >= 4 is 35.1 Å². The van der Waals surface area contributed by atoms with Crippen LogP contribution in [0.4, 0.5) is 10.5 Å². The van der Waals surface area contributed by atoms with E-state index in [9.17, 15) is 24.8 Å². The zero-order valence-corrected chi connectivity index (χ0v) is 26.4. The van der Waals surface area contributed by atoms with E-state index in [0.717, 1.165) is 5.56 Å². The summed E-state index contributed by atoms with van der Waals surface area (Å²) in [6.45, 7) is 3.34. The van der Waals surface area contributed by atoms with Gasteiger partial charge in [0.25, 0.3) is 0 Å². The summed E-state index contributed by atoms with van der Waals surface area (Å²) in [5.74, 6) is -3.13. The number of carbonyl (C=O) groups is 3. The number of ether oxygens (including phenoxy) is 2. The van der Waals surface area contributed by atoms with Gasteiger partial charge in [0.15, 0.2) is 17.3 Å². The molecule has 46 heavy (non-hydrogen) atoms. The number of urea groups is 1. The summed E-state index contributed by atoms with van der Waals surface area (Å²) in [6.07, 6.45) is 0. The third kappa shape index (κ3) is 5.75. The average Bonchev–Trinajstić information content (AvgIpc) is 3.34. The van der Waals surface area contributed by atoms with Crippen molar-refractivity contribution in [2.75, 3.05) is 19.5 Å². The van der Waals surface area contributed by atoms with Gasteiger partial charge in [-0.3, -0.25) is 9.69 Å². The SMILES string of the molecule is COc1ccc(C2C(C(=O)c3ccc(C#N)cc3)C(c3ccc(Cl)cc3)N(C(=O)Nc3cccc(C)c3)C2(C)C(=O)O)cc1OC. The molecule has 1 fully saturated rings. The van der Waals surface area contributed by atoms with Crippen molar-refractivity contribution in [1.82, 2.24) is 4.90 Å². The number of hydrogen-bond donors (Lipinski definition) is 2. The van der Waals surface area contributed by atoms with E-state index in [-0.39, 0.29) is 5.56 Å². The van der Waals surface area contributed by atoms with Crippen LogP contribution in [0.15, 0.2) is 91.0 Å². The third-order valence-corrected chi connectivity index (χ3v) is 8.84. The number of likely N-dealkylation sites (tertiary alicyclic amines) is 1. The molecule has 0 bridgehead atoms. The highest BCUT2D eigenvalue weighted by atomic mass is 35.5. The fourth-order valence-electron chi connectivity index (χ4n) is 6.40. The Morgan fingerprint density at radius 1 is 0.913 bits per heavy atom. The normalized spacial score (nSPS) is 20.4. The van der Waals surface area contributed by atoms with E-state index in [1.807, 2.05) is 19.1 Å². The monoisotopic (exact) mass is 637 g/mol. The molecule has 1 saturated heterocycles. The number of methoxy groups -OCH3 is 2. The molecule has 4 aromatic carbocycles. The summed E-state index contributed by atoms with van der Waals surface area (Å²) in [7, 11) is 2.95. The molecule has 4 atom stereocenters. The number of Topliss-reactive ketones (excluding diaryl/α,β-unsaturated/α-hetero) is 1. The number of carbonyl (C=O) groups excluding carboxylic acids is 2. The molecule has 1 heterocycles. The minimum atomic E-state index is -1.95. The number of anilines is 1. The maximum atomic E-state index is 14.7. The number of amides is 2. The van der Waals surface area contributed by atoms with E-state index < -0.39 is 41.2 Å². The van der Waals surface area contributed by atoms with Crippen LogP contribution >= 0.6 is 11.6 Å². The molecule has 1 aliphatic rings. The highest BCUT2D eigenvalue weighted by molar-refractivity contribution is 6.30. The molecule has 4 aromatic rings. The van der Waals surface area contributed by atoms with Gasteiger partial charge in [0, 0.05) is 22.2 Å². The van der Waals surface area contributed by atoms with Crippen molar-refractivity contribution in [2.45, 2.75) is 31.3 Å². The van der Waals surface area contributed by atoms with Gasteiger partial charge in [-0.15, -0.1) is 0 Å². The van der Waals surface area contributed by atoms with E-state index in [2.05, 4.69) is 5.32 Å². The van der Waals surface area contributed by atoms with Gasteiger partial charge >= 0.3 is 12.0 Å². The van der Waals surface area contributed by atoms with E-state index in [1.54, 1.807) is 72.8 Å². The number of hydrogen-bond acceptors (Lipinski definition) is 6. The van der Waals surface area contributed by atoms with Crippen LogP contribution in [0.5, 0.6) is 11.5 Å². The maximum absolute atomic E-state index is 14.7. The minimum absolute atomic E-state index is 0.266. The van der Waals surface area contributed by atoms with Gasteiger partial charge in [0.05, 0.1) is 37.8 Å². The quantitative estimate of drug-likeness (QED) is 0.195. The van der Waals surface area contributed by atoms with Crippen LogP contribution < -0.4 is 14.8 Å². The molecule has 4 unspecified atom stereocenters. The fraction of sp³-hybridized carbons (Fsp3) is 0.222. The van der Waals surface area contributed by atoms with E-state index in [0.29, 0.717) is 38.9 Å². The van der Waals surface area contributed by atoms with Crippen LogP contribution in [-0.2, 0) is 4.79 Å². The van der Waals surface area contributed by atoms with Gasteiger partial charge in [0.1, 0.15) is 5.54 Å². The largest absolute Gasteiger partial charge is 0.493 e. The molecule has 2 amide bonds. The lowest BCUT2D eigenvalue weighted by Gasteiger charge is -2.38. The number of ketones is 1. The summed E-state index contributed by atoms with van der Waals surface area (Å²) >= 11 is 6.25. The van der Waals surface area contributed by atoms with Crippen molar-refractivity contribution < 1.29 is 29.0 Å². The van der Waals surface area contributed by atoms with Gasteiger partial charge in [-0.2, -0.15) is 5.26 Å². The number of nitrogens with zero attached hydrogens (tertiary/aromatic N) is 2. The fourth-order valence-corrected chi connectivity index (χ4v) is 6.53. The molecule has 0 saturated carbocycles. The Kier molecular flexibility index (Phi) is 9.03. The van der Waals surface area contributed by atoms with Crippen LogP contribution in [0.2, 0.25) is 5.02 Å². The van der Waals surface area contributed by atoms with Crippen LogP contribution in [0.1, 0.15) is 51.5 Å². The number of nitriles is 1. The summed E-state index contributed by atoms with van der Waals surface area (Å²) in [5, 5.41) is 23.7. The van der Waals surface area contributed by atoms with Crippen molar-refractivity contribution in [3.8, 4) is 17.6 Å². The Hall–Kier alpha value is -5.33. The number of carboxylic acid groups (broad SMARTS) is 1. The highest BCUT2D eigenvalue weighted by Gasteiger charge is 2.65. The highest BCUT2D eigenvalue weighted by Crippen LogP contribution is 2.57. The number of rotatable bonds is 8. The van der Waals surface area contributed by atoms with Gasteiger partial charge in [-0.25, -0.2) is 9.59 Å². The van der Waals surface area contributed by atoms with Gasteiger partial charge in [-0.1, -0.05) is 54.1 Å². The first kappa shape index (κ1) is 32.1.